The molecule has 4 atom stereocenters. The second-order valence-electron chi connectivity index (χ2n) is 7.90. The third kappa shape index (κ3) is 3.17. The van der Waals surface area contributed by atoms with Crippen LogP contribution in [0, 0.1) is 5.92 Å². The van der Waals surface area contributed by atoms with Gasteiger partial charge in [0.25, 0.3) is 0 Å². The molecule has 27 heavy (non-hydrogen) atoms. The van der Waals surface area contributed by atoms with Crippen molar-refractivity contribution in [3.63, 3.8) is 0 Å². The minimum atomic E-state index is -0.439. The Bertz CT molecular complexity index is 729. The Morgan fingerprint density at radius 3 is 2.63 bits per heavy atom. The van der Waals surface area contributed by atoms with Crippen LogP contribution in [0.1, 0.15) is 30.0 Å². The molecule has 148 valence electrons. The molecule has 0 aromatic heterocycles. The number of hydrogen-bond acceptors (Lipinski definition) is 5. The maximum absolute atomic E-state index is 13.0. The number of methoxy groups -OCH3 is 2. The van der Waals surface area contributed by atoms with Crippen LogP contribution in [-0.2, 0) is 11.2 Å². The molecule has 1 aromatic rings. The first-order valence-electron chi connectivity index (χ1n) is 9.65. The van der Waals surface area contributed by atoms with Crippen LogP contribution in [0.15, 0.2) is 12.1 Å². The smallest absolute Gasteiger partial charge is 0.223 e. The lowest BCUT2D eigenvalue weighted by Gasteiger charge is -2.48. The van der Waals surface area contributed by atoms with Gasteiger partial charge in [-0.25, -0.2) is 0 Å². The lowest BCUT2D eigenvalue weighted by molar-refractivity contribution is -0.131. The standard InChI is InChI=1S/C20H28FN3O3/c1-26-18-6-13-3-4-23-11-17(24-10-12(9-21)5-20(24)25)15(22)8-16(23)14(13)7-19(18)27-2/h6-7,12,15-17H,3-5,8-11,22H2,1-2H3/t12-,15?,16?,17?/m0/s1. The van der Waals surface area contributed by atoms with E-state index in [9.17, 15) is 9.18 Å². The lowest BCUT2D eigenvalue weighted by Crippen LogP contribution is -2.60. The van der Waals surface area contributed by atoms with Crippen molar-refractivity contribution in [1.29, 1.82) is 0 Å². The van der Waals surface area contributed by atoms with Gasteiger partial charge < -0.3 is 20.1 Å². The molecule has 3 aliphatic rings. The lowest BCUT2D eigenvalue weighted by atomic mass is 9.83. The van der Waals surface area contributed by atoms with Crippen LogP contribution in [0.4, 0.5) is 4.39 Å². The van der Waals surface area contributed by atoms with Gasteiger partial charge in [0, 0.05) is 44.1 Å². The molecule has 2 fully saturated rings. The predicted molar refractivity (Wildman–Crippen MR) is 99.7 cm³/mol. The molecule has 3 aliphatic heterocycles. The van der Waals surface area contributed by atoms with Crippen molar-refractivity contribution in [2.24, 2.45) is 11.7 Å². The number of piperidine rings is 1. The molecular weight excluding hydrogens is 349 g/mol. The van der Waals surface area contributed by atoms with E-state index in [1.807, 2.05) is 4.90 Å². The van der Waals surface area contributed by atoms with Crippen LogP contribution >= 0.6 is 0 Å². The largest absolute Gasteiger partial charge is 0.493 e. The number of rotatable bonds is 4. The quantitative estimate of drug-likeness (QED) is 0.862. The first-order chi connectivity index (χ1) is 13.0. The van der Waals surface area contributed by atoms with Gasteiger partial charge in [-0.1, -0.05) is 0 Å². The summed E-state index contributed by atoms with van der Waals surface area (Å²) < 4.78 is 24.0. The van der Waals surface area contributed by atoms with Gasteiger partial charge in [0.05, 0.1) is 26.9 Å². The Morgan fingerprint density at radius 2 is 1.96 bits per heavy atom. The van der Waals surface area contributed by atoms with Crippen LogP contribution in [0.3, 0.4) is 0 Å². The number of likely N-dealkylation sites (tertiary alicyclic amines) is 1. The average molecular weight is 377 g/mol. The van der Waals surface area contributed by atoms with Crippen molar-refractivity contribution in [2.75, 3.05) is 40.5 Å². The van der Waals surface area contributed by atoms with Gasteiger partial charge in [0.2, 0.25) is 5.91 Å². The Labute approximate surface area is 159 Å². The average Bonchev–Trinajstić information content (AvgIpc) is 3.06. The molecule has 1 amide bonds. The molecular formula is C20H28FN3O3. The molecule has 0 aliphatic carbocycles. The van der Waals surface area contributed by atoms with Crippen molar-refractivity contribution in [3.05, 3.63) is 23.3 Å². The van der Waals surface area contributed by atoms with Gasteiger partial charge in [0.1, 0.15) is 0 Å². The summed E-state index contributed by atoms with van der Waals surface area (Å²) in [5.41, 5.74) is 9.04. The van der Waals surface area contributed by atoms with Crippen molar-refractivity contribution >= 4 is 5.91 Å². The van der Waals surface area contributed by atoms with Crippen LogP contribution in [-0.4, -0.2) is 68.3 Å². The summed E-state index contributed by atoms with van der Waals surface area (Å²) in [5, 5.41) is 0. The topological polar surface area (TPSA) is 68.0 Å². The van der Waals surface area contributed by atoms with Gasteiger partial charge in [-0.15, -0.1) is 0 Å². The van der Waals surface area contributed by atoms with Crippen LogP contribution in [0.25, 0.3) is 0 Å². The van der Waals surface area contributed by atoms with E-state index >= 15 is 0 Å². The number of fused-ring (bicyclic) bond motifs is 3. The SMILES string of the molecule is COc1cc2c(cc1OC)C1CC(N)C(N3C[C@H](CF)CC3=O)CN1CC2. The molecule has 6 nitrogen and oxygen atoms in total. The third-order valence-electron chi connectivity index (χ3n) is 6.38. The molecule has 0 bridgehead atoms. The molecule has 2 saturated heterocycles. The van der Waals surface area contributed by atoms with Gasteiger partial charge in [0.15, 0.2) is 11.5 Å². The maximum atomic E-state index is 13.0. The number of nitrogens with two attached hydrogens (primary N) is 1. The summed E-state index contributed by atoms with van der Waals surface area (Å²) in [5.74, 6) is 1.35. The highest BCUT2D eigenvalue weighted by Crippen LogP contribution is 2.42. The number of amides is 1. The zero-order chi connectivity index (χ0) is 19.1. The normalized spacial score (nSPS) is 30.8. The number of alkyl halides is 1. The van der Waals surface area contributed by atoms with Gasteiger partial charge >= 0.3 is 0 Å². The number of hydrogen-bond donors (Lipinski definition) is 1. The monoisotopic (exact) mass is 377 g/mol. The fraction of sp³-hybridized carbons (Fsp3) is 0.650. The number of ether oxygens (including phenoxy) is 2. The van der Waals surface area contributed by atoms with Crippen LogP contribution < -0.4 is 15.2 Å². The summed E-state index contributed by atoms with van der Waals surface area (Å²) in [6, 6.07) is 4.20. The number of carbonyl (C=O) groups is 1. The first kappa shape index (κ1) is 18.5. The number of nitrogens with zero attached hydrogens (tertiary/aromatic N) is 2. The van der Waals surface area contributed by atoms with E-state index in [-0.39, 0.29) is 30.0 Å². The molecule has 1 aromatic carbocycles. The molecule has 0 saturated carbocycles. The fourth-order valence-corrected chi connectivity index (χ4v) is 4.93. The van der Waals surface area contributed by atoms with Gasteiger partial charge in [-0.3, -0.25) is 14.1 Å². The fourth-order valence-electron chi connectivity index (χ4n) is 4.93. The van der Waals surface area contributed by atoms with Crippen molar-refractivity contribution in [3.8, 4) is 11.5 Å². The Morgan fingerprint density at radius 1 is 1.22 bits per heavy atom. The van der Waals surface area contributed by atoms with Gasteiger partial charge in [-0.2, -0.15) is 0 Å². The minimum Gasteiger partial charge on any atom is -0.493 e. The number of benzene rings is 1. The molecule has 0 spiro atoms. The molecule has 7 heteroatoms. The minimum absolute atomic E-state index is 0.0352. The molecule has 4 rings (SSSR count). The second kappa shape index (κ2) is 7.28. The van der Waals surface area contributed by atoms with Crippen LogP contribution in [0.5, 0.6) is 11.5 Å². The van der Waals surface area contributed by atoms with E-state index in [0.29, 0.717) is 13.0 Å². The van der Waals surface area contributed by atoms with E-state index in [0.717, 1.165) is 37.4 Å². The third-order valence-corrected chi connectivity index (χ3v) is 6.38. The highest BCUT2D eigenvalue weighted by molar-refractivity contribution is 5.79. The maximum Gasteiger partial charge on any atom is 0.223 e. The van der Waals surface area contributed by atoms with Crippen molar-refractivity contribution < 1.29 is 18.7 Å². The molecule has 2 N–H and O–H groups in total. The number of carbonyl (C=O) groups excluding carboxylic acids is 1. The molecule has 0 radical (unpaired) electrons. The number of halogens is 1. The Hall–Kier alpha value is -1.86. The summed E-state index contributed by atoms with van der Waals surface area (Å²) in [6.45, 7) is 1.72. The Kier molecular flexibility index (Phi) is 4.99. The summed E-state index contributed by atoms with van der Waals surface area (Å²) in [4.78, 5) is 16.6. The molecule has 3 heterocycles. The summed E-state index contributed by atoms with van der Waals surface area (Å²) in [6.07, 6.45) is 2.01. The highest BCUT2D eigenvalue weighted by atomic mass is 19.1. The van der Waals surface area contributed by atoms with E-state index in [2.05, 4.69) is 17.0 Å². The highest BCUT2D eigenvalue weighted by Gasteiger charge is 2.44. The van der Waals surface area contributed by atoms with E-state index < -0.39 is 6.67 Å². The Balaban J connectivity index is 1.57. The zero-order valence-corrected chi connectivity index (χ0v) is 16.0. The second-order valence-corrected chi connectivity index (χ2v) is 7.90. The first-order valence-corrected chi connectivity index (χ1v) is 9.65. The van der Waals surface area contributed by atoms with E-state index in [4.69, 9.17) is 15.2 Å². The zero-order valence-electron chi connectivity index (χ0n) is 16.0. The van der Waals surface area contributed by atoms with Crippen LogP contribution in [0.2, 0.25) is 0 Å². The van der Waals surface area contributed by atoms with Crippen molar-refractivity contribution in [1.82, 2.24) is 9.80 Å². The predicted octanol–water partition coefficient (Wildman–Crippen LogP) is 1.52. The van der Waals surface area contributed by atoms with E-state index in [1.165, 1.54) is 11.1 Å². The van der Waals surface area contributed by atoms with E-state index in [1.54, 1.807) is 14.2 Å². The molecule has 3 unspecified atom stereocenters. The van der Waals surface area contributed by atoms with Crippen molar-refractivity contribution in [2.45, 2.75) is 37.4 Å². The summed E-state index contributed by atoms with van der Waals surface area (Å²) in [7, 11) is 3.30. The van der Waals surface area contributed by atoms with Gasteiger partial charge in [-0.05, 0) is 36.1 Å². The summed E-state index contributed by atoms with van der Waals surface area (Å²) >= 11 is 0.